The van der Waals surface area contributed by atoms with Gasteiger partial charge in [0, 0.05) is 18.8 Å². The fourth-order valence-corrected chi connectivity index (χ4v) is 1.55. The monoisotopic (exact) mass is 210 g/mol. The van der Waals surface area contributed by atoms with E-state index >= 15 is 0 Å². The van der Waals surface area contributed by atoms with Crippen LogP contribution in [0.2, 0.25) is 5.02 Å². The van der Waals surface area contributed by atoms with Gasteiger partial charge in [-0.15, -0.1) is 0 Å². The summed E-state index contributed by atoms with van der Waals surface area (Å²) in [7, 11) is 1.79. The van der Waals surface area contributed by atoms with Crippen LogP contribution in [0.25, 0.3) is 11.3 Å². The van der Waals surface area contributed by atoms with Crippen molar-refractivity contribution in [2.24, 2.45) is 7.05 Å². The van der Waals surface area contributed by atoms with E-state index in [0.29, 0.717) is 10.7 Å². The molecular formula is C10H8ClFN2. The molecule has 72 valence electrons. The highest BCUT2D eigenvalue weighted by molar-refractivity contribution is 6.32. The van der Waals surface area contributed by atoms with Crippen molar-refractivity contribution >= 4 is 11.6 Å². The van der Waals surface area contributed by atoms with Gasteiger partial charge in [0.1, 0.15) is 11.5 Å². The SMILES string of the molecule is Cn1cc(Cl)c(-c2ccc(F)cc2)n1. The molecule has 2 aromatic rings. The molecular weight excluding hydrogens is 203 g/mol. The lowest BCUT2D eigenvalue weighted by atomic mass is 10.1. The summed E-state index contributed by atoms with van der Waals surface area (Å²) in [6.45, 7) is 0. The molecule has 0 amide bonds. The first kappa shape index (κ1) is 9.21. The summed E-state index contributed by atoms with van der Waals surface area (Å²) in [6.07, 6.45) is 1.71. The second-order valence-electron chi connectivity index (χ2n) is 3.01. The van der Waals surface area contributed by atoms with Crippen LogP contribution in [0.5, 0.6) is 0 Å². The maximum Gasteiger partial charge on any atom is 0.123 e. The molecule has 14 heavy (non-hydrogen) atoms. The van der Waals surface area contributed by atoms with Crippen molar-refractivity contribution in [1.82, 2.24) is 9.78 Å². The van der Waals surface area contributed by atoms with Crippen LogP contribution in [0.15, 0.2) is 30.5 Å². The van der Waals surface area contributed by atoms with Crippen molar-refractivity contribution in [3.8, 4) is 11.3 Å². The van der Waals surface area contributed by atoms with Gasteiger partial charge < -0.3 is 0 Å². The molecule has 0 radical (unpaired) electrons. The minimum Gasteiger partial charge on any atom is -0.274 e. The Morgan fingerprint density at radius 1 is 1.29 bits per heavy atom. The van der Waals surface area contributed by atoms with E-state index < -0.39 is 0 Å². The molecule has 0 unspecified atom stereocenters. The van der Waals surface area contributed by atoms with Gasteiger partial charge >= 0.3 is 0 Å². The molecule has 0 aliphatic heterocycles. The molecule has 0 aliphatic carbocycles. The molecule has 2 rings (SSSR count). The summed E-state index contributed by atoms with van der Waals surface area (Å²) in [6, 6.07) is 6.09. The molecule has 1 aromatic carbocycles. The van der Waals surface area contributed by atoms with Crippen molar-refractivity contribution in [3.63, 3.8) is 0 Å². The summed E-state index contributed by atoms with van der Waals surface area (Å²) >= 11 is 5.94. The first-order chi connectivity index (χ1) is 6.66. The van der Waals surface area contributed by atoms with Crippen molar-refractivity contribution in [1.29, 1.82) is 0 Å². The Kier molecular flexibility index (Phi) is 2.25. The van der Waals surface area contributed by atoms with Gasteiger partial charge in [0.2, 0.25) is 0 Å². The minimum absolute atomic E-state index is 0.263. The number of nitrogens with zero attached hydrogens (tertiary/aromatic N) is 2. The normalized spacial score (nSPS) is 10.5. The molecule has 0 fully saturated rings. The zero-order chi connectivity index (χ0) is 10.1. The molecule has 4 heteroatoms. The number of hydrogen-bond donors (Lipinski definition) is 0. The topological polar surface area (TPSA) is 17.8 Å². The molecule has 0 N–H and O–H groups in total. The second kappa shape index (κ2) is 3.42. The molecule has 1 aromatic heterocycles. The van der Waals surface area contributed by atoms with Gasteiger partial charge in [0.05, 0.1) is 5.02 Å². The van der Waals surface area contributed by atoms with E-state index in [9.17, 15) is 4.39 Å². The number of rotatable bonds is 1. The Morgan fingerprint density at radius 3 is 2.43 bits per heavy atom. The fraction of sp³-hybridized carbons (Fsp3) is 0.100. The fourth-order valence-electron chi connectivity index (χ4n) is 1.26. The maximum atomic E-state index is 12.6. The standard InChI is InChI=1S/C10H8ClFN2/c1-14-6-9(11)10(13-14)7-2-4-8(12)5-3-7/h2-6H,1H3. The molecule has 0 saturated carbocycles. The highest BCUT2D eigenvalue weighted by atomic mass is 35.5. The predicted octanol–water partition coefficient (Wildman–Crippen LogP) is 2.88. The van der Waals surface area contributed by atoms with Gasteiger partial charge in [-0.25, -0.2) is 4.39 Å². The first-order valence-corrected chi connectivity index (χ1v) is 4.49. The van der Waals surface area contributed by atoms with Crippen LogP contribution in [0.3, 0.4) is 0 Å². The first-order valence-electron chi connectivity index (χ1n) is 4.12. The van der Waals surface area contributed by atoms with E-state index in [1.54, 1.807) is 30.1 Å². The Balaban J connectivity index is 2.49. The van der Waals surface area contributed by atoms with E-state index in [2.05, 4.69) is 5.10 Å². The van der Waals surface area contributed by atoms with Gasteiger partial charge in [-0.2, -0.15) is 5.10 Å². The van der Waals surface area contributed by atoms with Gasteiger partial charge in [-0.3, -0.25) is 4.68 Å². The van der Waals surface area contributed by atoms with E-state index in [1.165, 1.54) is 12.1 Å². The third kappa shape index (κ3) is 1.63. The maximum absolute atomic E-state index is 12.6. The molecule has 0 atom stereocenters. The Labute approximate surface area is 85.9 Å². The van der Waals surface area contributed by atoms with E-state index in [-0.39, 0.29) is 5.82 Å². The van der Waals surface area contributed by atoms with E-state index in [4.69, 9.17) is 11.6 Å². The van der Waals surface area contributed by atoms with Crippen LogP contribution in [0.1, 0.15) is 0 Å². The average molecular weight is 211 g/mol. The van der Waals surface area contributed by atoms with Crippen molar-refractivity contribution in [2.45, 2.75) is 0 Å². The number of hydrogen-bond acceptors (Lipinski definition) is 1. The highest BCUT2D eigenvalue weighted by Crippen LogP contribution is 2.25. The molecule has 2 nitrogen and oxygen atoms in total. The van der Waals surface area contributed by atoms with Crippen LogP contribution >= 0.6 is 11.6 Å². The van der Waals surface area contributed by atoms with Gasteiger partial charge in [-0.05, 0) is 24.3 Å². The second-order valence-corrected chi connectivity index (χ2v) is 3.41. The van der Waals surface area contributed by atoms with Gasteiger partial charge in [0.15, 0.2) is 0 Å². The van der Waals surface area contributed by atoms with E-state index in [0.717, 1.165) is 5.56 Å². The summed E-state index contributed by atoms with van der Waals surface area (Å²) < 4.78 is 14.3. The van der Waals surface area contributed by atoms with Crippen molar-refractivity contribution in [2.75, 3.05) is 0 Å². The molecule has 1 heterocycles. The van der Waals surface area contributed by atoms with Crippen molar-refractivity contribution in [3.05, 3.63) is 41.3 Å². The summed E-state index contributed by atoms with van der Waals surface area (Å²) in [5.74, 6) is -0.263. The lowest BCUT2D eigenvalue weighted by Crippen LogP contribution is -1.87. The van der Waals surface area contributed by atoms with Crippen molar-refractivity contribution < 1.29 is 4.39 Å². The predicted molar refractivity (Wildman–Crippen MR) is 53.6 cm³/mol. The molecule has 0 spiro atoms. The molecule has 0 bridgehead atoms. The smallest absolute Gasteiger partial charge is 0.123 e. The number of halogens is 2. The molecule has 0 aliphatic rings. The van der Waals surface area contributed by atoms with Crippen LogP contribution in [-0.4, -0.2) is 9.78 Å². The van der Waals surface area contributed by atoms with Crippen LogP contribution in [-0.2, 0) is 7.05 Å². The third-order valence-electron chi connectivity index (χ3n) is 1.90. The van der Waals surface area contributed by atoms with Crippen LogP contribution < -0.4 is 0 Å². The molecule has 0 saturated heterocycles. The number of aromatic nitrogens is 2. The average Bonchev–Trinajstić information content (AvgIpc) is 2.47. The van der Waals surface area contributed by atoms with Crippen LogP contribution in [0, 0.1) is 5.82 Å². The quantitative estimate of drug-likeness (QED) is 0.708. The number of aryl methyl sites for hydroxylation is 1. The van der Waals surface area contributed by atoms with Crippen LogP contribution in [0.4, 0.5) is 4.39 Å². The number of benzene rings is 1. The lowest BCUT2D eigenvalue weighted by molar-refractivity contribution is 0.628. The van der Waals surface area contributed by atoms with E-state index in [1.807, 2.05) is 0 Å². The highest BCUT2D eigenvalue weighted by Gasteiger charge is 2.07. The summed E-state index contributed by atoms with van der Waals surface area (Å²) in [5, 5.41) is 4.74. The summed E-state index contributed by atoms with van der Waals surface area (Å²) in [4.78, 5) is 0. The van der Waals surface area contributed by atoms with Gasteiger partial charge in [-0.1, -0.05) is 11.6 Å². The zero-order valence-corrected chi connectivity index (χ0v) is 8.29. The Bertz CT molecular complexity index is 448. The Morgan fingerprint density at radius 2 is 1.93 bits per heavy atom. The third-order valence-corrected chi connectivity index (χ3v) is 2.18. The summed E-state index contributed by atoms with van der Waals surface area (Å²) in [5.41, 5.74) is 1.49. The largest absolute Gasteiger partial charge is 0.274 e. The lowest BCUT2D eigenvalue weighted by Gasteiger charge is -1.96. The van der Waals surface area contributed by atoms with Gasteiger partial charge in [0.25, 0.3) is 0 Å². The Hall–Kier alpha value is -1.35. The zero-order valence-electron chi connectivity index (χ0n) is 7.54. The minimum atomic E-state index is -0.263.